The van der Waals surface area contributed by atoms with Crippen LogP contribution in [0.25, 0.3) is 0 Å². The van der Waals surface area contributed by atoms with E-state index in [4.69, 9.17) is 0 Å². The van der Waals surface area contributed by atoms with Gasteiger partial charge in [-0.05, 0) is 16.3 Å². The predicted molar refractivity (Wildman–Crippen MR) is 78.3 cm³/mol. The van der Waals surface area contributed by atoms with Gasteiger partial charge in [0.25, 0.3) is 0 Å². The first-order chi connectivity index (χ1) is 10.4. The number of aliphatic carboxylic acids is 1. The molecule has 2 atom stereocenters. The van der Waals surface area contributed by atoms with Crippen LogP contribution in [-0.4, -0.2) is 48.1 Å². The van der Waals surface area contributed by atoms with E-state index in [1.54, 1.807) is 11.7 Å². The van der Waals surface area contributed by atoms with Gasteiger partial charge in [0.15, 0.2) is 5.82 Å². The Morgan fingerprint density at radius 2 is 2.23 bits per heavy atom. The number of fused-ring (bicyclic) bond motifs is 1. The van der Waals surface area contributed by atoms with Crippen LogP contribution in [0.5, 0.6) is 0 Å². The van der Waals surface area contributed by atoms with Gasteiger partial charge in [-0.15, -0.1) is 16.9 Å². The SMILES string of the molecule is CC(C)C1C(=O)N2C(C(=O)O)=C(SCc3nnnn3C)CC12. The molecule has 1 aromatic rings. The summed E-state index contributed by atoms with van der Waals surface area (Å²) in [6.45, 7) is 3.99. The third-order valence-corrected chi connectivity index (χ3v) is 5.28. The molecule has 118 valence electrons. The smallest absolute Gasteiger partial charge is 0.353 e. The number of carbonyl (C=O) groups excluding carboxylic acids is 1. The summed E-state index contributed by atoms with van der Waals surface area (Å²) >= 11 is 1.40. The maximum Gasteiger partial charge on any atom is 0.353 e. The monoisotopic (exact) mass is 323 g/mol. The number of aryl methyl sites for hydroxylation is 1. The lowest BCUT2D eigenvalue weighted by molar-refractivity contribution is -0.157. The molecule has 0 radical (unpaired) electrons. The van der Waals surface area contributed by atoms with Gasteiger partial charge in [0.2, 0.25) is 5.91 Å². The topological polar surface area (TPSA) is 101 Å². The number of carboxylic acid groups (broad SMARTS) is 1. The molecule has 0 bridgehead atoms. The summed E-state index contributed by atoms with van der Waals surface area (Å²) in [5.74, 6) is 0.171. The van der Waals surface area contributed by atoms with Gasteiger partial charge in [-0.25, -0.2) is 9.48 Å². The van der Waals surface area contributed by atoms with E-state index in [-0.39, 0.29) is 29.5 Å². The van der Waals surface area contributed by atoms with Gasteiger partial charge in [0.1, 0.15) is 5.70 Å². The van der Waals surface area contributed by atoms with Crippen molar-refractivity contribution in [2.75, 3.05) is 0 Å². The van der Waals surface area contributed by atoms with Gasteiger partial charge in [-0.3, -0.25) is 4.79 Å². The highest BCUT2D eigenvalue weighted by Gasteiger charge is 2.55. The van der Waals surface area contributed by atoms with E-state index in [0.29, 0.717) is 18.0 Å². The number of hydrogen-bond donors (Lipinski definition) is 1. The molecule has 2 aliphatic heterocycles. The van der Waals surface area contributed by atoms with E-state index in [9.17, 15) is 14.7 Å². The van der Waals surface area contributed by atoms with Crippen LogP contribution in [0.15, 0.2) is 10.6 Å². The zero-order valence-electron chi connectivity index (χ0n) is 12.6. The summed E-state index contributed by atoms with van der Waals surface area (Å²) in [6.07, 6.45) is 0.603. The van der Waals surface area contributed by atoms with E-state index >= 15 is 0 Å². The van der Waals surface area contributed by atoms with Crippen molar-refractivity contribution in [3.8, 4) is 0 Å². The van der Waals surface area contributed by atoms with Gasteiger partial charge < -0.3 is 10.0 Å². The molecule has 2 aliphatic rings. The van der Waals surface area contributed by atoms with Crippen LogP contribution in [0.2, 0.25) is 0 Å². The highest BCUT2D eigenvalue weighted by molar-refractivity contribution is 8.02. The Morgan fingerprint density at radius 1 is 1.50 bits per heavy atom. The molecule has 0 aliphatic carbocycles. The minimum atomic E-state index is -1.04. The van der Waals surface area contributed by atoms with Crippen molar-refractivity contribution in [3.63, 3.8) is 0 Å². The lowest BCUT2D eigenvalue weighted by Gasteiger charge is -2.45. The zero-order valence-corrected chi connectivity index (χ0v) is 13.4. The quantitative estimate of drug-likeness (QED) is 0.793. The zero-order chi connectivity index (χ0) is 16.0. The van der Waals surface area contributed by atoms with Gasteiger partial charge in [0.05, 0.1) is 17.7 Å². The van der Waals surface area contributed by atoms with Crippen molar-refractivity contribution in [2.45, 2.75) is 32.1 Å². The number of nitrogens with zero attached hydrogens (tertiary/aromatic N) is 5. The molecule has 8 nitrogen and oxygen atoms in total. The van der Waals surface area contributed by atoms with Crippen molar-refractivity contribution in [2.24, 2.45) is 18.9 Å². The van der Waals surface area contributed by atoms with E-state index < -0.39 is 5.97 Å². The van der Waals surface area contributed by atoms with Crippen molar-refractivity contribution in [1.29, 1.82) is 0 Å². The Bertz CT molecular complexity index is 668. The van der Waals surface area contributed by atoms with E-state index in [0.717, 1.165) is 4.91 Å². The number of carbonyl (C=O) groups is 2. The van der Waals surface area contributed by atoms with Crippen LogP contribution in [0.1, 0.15) is 26.1 Å². The Hall–Kier alpha value is -1.90. The fourth-order valence-corrected chi connectivity index (χ4v) is 4.24. The van der Waals surface area contributed by atoms with E-state index in [2.05, 4.69) is 15.5 Å². The number of tetrazole rings is 1. The lowest BCUT2D eigenvalue weighted by Crippen LogP contribution is -2.60. The molecule has 2 unspecified atom stereocenters. The molecule has 1 saturated heterocycles. The highest BCUT2D eigenvalue weighted by Crippen LogP contribution is 2.48. The molecule has 0 aromatic carbocycles. The average Bonchev–Trinajstić information content (AvgIpc) is 2.97. The summed E-state index contributed by atoms with van der Waals surface area (Å²) in [6, 6.07) is -0.0151. The van der Waals surface area contributed by atoms with Gasteiger partial charge >= 0.3 is 5.97 Å². The Morgan fingerprint density at radius 3 is 2.77 bits per heavy atom. The average molecular weight is 323 g/mol. The largest absolute Gasteiger partial charge is 0.477 e. The maximum absolute atomic E-state index is 12.2. The van der Waals surface area contributed by atoms with Crippen LogP contribution in [0.4, 0.5) is 0 Å². The number of hydrogen-bond acceptors (Lipinski definition) is 6. The molecule has 1 amide bonds. The van der Waals surface area contributed by atoms with Crippen LogP contribution in [0.3, 0.4) is 0 Å². The minimum absolute atomic E-state index is 0.0151. The molecule has 3 heterocycles. The summed E-state index contributed by atoms with van der Waals surface area (Å²) in [7, 11) is 1.74. The summed E-state index contributed by atoms with van der Waals surface area (Å²) in [5.41, 5.74) is 0.132. The fraction of sp³-hybridized carbons (Fsp3) is 0.615. The number of carboxylic acids is 1. The second kappa shape index (κ2) is 5.38. The van der Waals surface area contributed by atoms with Gasteiger partial charge in [-0.1, -0.05) is 13.8 Å². The number of β-lactam (4-membered cyclic amide) rings is 1. The first kappa shape index (κ1) is 15.0. The van der Waals surface area contributed by atoms with Crippen molar-refractivity contribution in [3.05, 3.63) is 16.4 Å². The summed E-state index contributed by atoms with van der Waals surface area (Å²) in [5, 5.41) is 20.7. The molecule has 0 saturated carbocycles. The van der Waals surface area contributed by atoms with Crippen molar-refractivity contribution < 1.29 is 14.7 Å². The van der Waals surface area contributed by atoms with Gasteiger partial charge in [-0.2, -0.15) is 0 Å². The molecule has 9 heteroatoms. The third kappa shape index (κ3) is 2.20. The Kier molecular flexibility index (Phi) is 3.67. The second-order valence-corrected chi connectivity index (χ2v) is 6.90. The highest BCUT2D eigenvalue weighted by atomic mass is 32.2. The molecule has 0 spiro atoms. The van der Waals surface area contributed by atoms with Crippen LogP contribution in [-0.2, 0) is 22.4 Å². The molecule has 1 fully saturated rings. The fourth-order valence-electron chi connectivity index (χ4n) is 3.08. The molecular formula is C13H17N5O3S. The standard InChI is InChI=1S/C13H17N5O3S/c1-6(2)10-7-4-8(11(13(20)21)18(7)12(10)19)22-5-9-14-15-16-17(9)3/h6-7,10H,4-5H2,1-3H3,(H,20,21). The molecule has 3 rings (SSSR count). The predicted octanol–water partition coefficient (Wildman–Crippen LogP) is 0.626. The van der Waals surface area contributed by atoms with Gasteiger partial charge in [0, 0.05) is 18.4 Å². The number of aromatic nitrogens is 4. The molecular weight excluding hydrogens is 306 g/mol. The normalized spacial score (nSPS) is 24.0. The molecule has 22 heavy (non-hydrogen) atoms. The minimum Gasteiger partial charge on any atom is -0.477 e. The molecule has 1 aromatic heterocycles. The third-order valence-electron chi connectivity index (χ3n) is 4.17. The van der Waals surface area contributed by atoms with Crippen molar-refractivity contribution >= 4 is 23.6 Å². The van der Waals surface area contributed by atoms with Crippen molar-refractivity contribution in [1.82, 2.24) is 25.1 Å². The summed E-state index contributed by atoms with van der Waals surface area (Å²) < 4.78 is 1.56. The first-order valence-corrected chi connectivity index (χ1v) is 8.04. The first-order valence-electron chi connectivity index (χ1n) is 7.05. The Labute approximate surface area is 131 Å². The maximum atomic E-state index is 12.2. The van der Waals surface area contributed by atoms with E-state index in [1.165, 1.54) is 16.7 Å². The number of rotatable bonds is 5. The van der Waals surface area contributed by atoms with E-state index in [1.807, 2.05) is 13.8 Å². The second-order valence-electron chi connectivity index (χ2n) is 5.83. The van der Waals surface area contributed by atoms with Crippen LogP contribution in [0, 0.1) is 11.8 Å². The Balaban J connectivity index is 1.80. The summed E-state index contributed by atoms with van der Waals surface area (Å²) in [4.78, 5) is 25.9. The number of thioether (sulfide) groups is 1. The lowest BCUT2D eigenvalue weighted by atomic mass is 9.79. The van der Waals surface area contributed by atoms with Crippen LogP contribution < -0.4 is 0 Å². The van der Waals surface area contributed by atoms with Crippen LogP contribution >= 0.6 is 11.8 Å². The number of amides is 1. The molecule has 1 N–H and O–H groups in total.